The maximum absolute atomic E-state index is 12.5. The molecule has 0 spiro atoms. The van der Waals surface area contributed by atoms with Crippen molar-refractivity contribution >= 4 is 23.5 Å². The van der Waals surface area contributed by atoms with Gasteiger partial charge in [0.2, 0.25) is 5.91 Å². The number of nitrogens with two attached hydrogens (primary N) is 1. The number of nitriles is 1. The van der Waals surface area contributed by atoms with E-state index in [9.17, 15) is 9.59 Å². The number of ketones is 1. The summed E-state index contributed by atoms with van der Waals surface area (Å²) in [7, 11) is 0. The molecule has 0 aromatic carbocycles. The van der Waals surface area contributed by atoms with Crippen molar-refractivity contribution in [2.24, 2.45) is 17.2 Å². The first-order valence-corrected chi connectivity index (χ1v) is 8.44. The maximum atomic E-state index is 12.5. The summed E-state index contributed by atoms with van der Waals surface area (Å²) < 4.78 is 0. The molecule has 1 aliphatic heterocycles. The fourth-order valence-corrected chi connectivity index (χ4v) is 5.02. The van der Waals surface area contributed by atoms with Crippen LogP contribution >= 0.6 is 11.8 Å². The average molecular weight is 308 g/mol. The van der Waals surface area contributed by atoms with Crippen LogP contribution in [0.2, 0.25) is 0 Å². The van der Waals surface area contributed by atoms with Gasteiger partial charge in [0.05, 0.1) is 24.5 Å². The van der Waals surface area contributed by atoms with E-state index >= 15 is 0 Å². The molecule has 7 heteroatoms. The molecular formula is C14H20N4O2S. The zero-order valence-corrected chi connectivity index (χ0v) is 12.9. The van der Waals surface area contributed by atoms with Gasteiger partial charge in [0.15, 0.2) is 5.78 Å². The van der Waals surface area contributed by atoms with Gasteiger partial charge >= 0.3 is 0 Å². The summed E-state index contributed by atoms with van der Waals surface area (Å²) in [4.78, 5) is 26.3. The number of carbonyl (C=O) groups is 2. The van der Waals surface area contributed by atoms with Crippen LogP contribution in [-0.4, -0.2) is 51.9 Å². The quantitative estimate of drug-likeness (QED) is 0.597. The molecule has 3 rings (SSSR count). The van der Waals surface area contributed by atoms with Gasteiger partial charge in [-0.2, -0.15) is 5.26 Å². The lowest BCUT2D eigenvalue weighted by Crippen LogP contribution is -2.54. The molecular weight excluding hydrogens is 288 g/mol. The van der Waals surface area contributed by atoms with Crippen molar-refractivity contribution in [3.8, 4) is 6.07 Å². The molecule has 1 heterocycles. The Morgan fingerprint density at radius 3 is 3.05 bits per heavy atom. The predicted octanol–water partition coefficient (Wildman–Crippen LogP) is 0.345. The number of thioether (sulfide) groups is 1. The molecule has 114 valence electrons. The van der Waals surface area contributed by atoms with Crippen molar-refractivity contribution < 1.29 is 9.59 Å². The second-order valence-corrected chi connectivity index (χ2v) is 7.55. The minimum absolute atomic E-state index is 0.0156. The number of carbonyl (C=O) groups excluding carboxylic acids is 2. The smallest absolute Gasteiger partial charge is 0.240 e. The number of hydrogen-bond donors (Lipinski definition) is 1. The van der Waals surface area contributed by atoms with Gasteiger partial charge in [0, 0.05) is 11.2 Å². The van der Waals surface area contributed by atoms with E-state index in [2.05, 4.69) is 6.07 Å². The van der Waals surface area contributed by atoms with E-state index in [0.717, 1.165) is 19.3 Å². The van der Waals surface area contributed by atoms with Gasteiger partial charge in [-0.15, -0.1) is 11.8 Å². The average Bonchev–Trinajstić information content (AvgIpc) is 3.10. The lowest BCUT2D eigenvalue weighted by molar-refractivity contribution is -0.136. The third-order valence-corrected chi connectivity index (χ3v) is 6.13. The predicted molar refractivity (Wildman–Crippen MR) is 78.7 cm³/mol. The van der Waals surface area contributed by atoms with E-state index in [-0.39, 0.29) is 41.7 Å². The van der Waals surface area contributed by atoms with Crippen LogP contribution in [0.1, 0.15) is 26.2 Å². The minimum Gasteiger partial charge on any atom is -0.315 e. The zero-order valence-electron chi connectivity index (χ0n) is 12.1. The molecule has 2 saturated carbocycles. The summed E-state index contributed by atoms with van der Waals surface area (Å²) in [6, 6.07) is 1.44. The van der Waals surface area contributed by atoms with Crippen LogP contribution in [0.15, 0.2) is 0 Å². The van der Waals surface area contributed by atoms with Crippen molar-refractivity contribution in [3.63, 3.8) is 0 Å². The molecule has 0 aromatic heterocycles. The second kappa shape index (κ2) is 5.27. The van der Waals surface area contributed by atoms with Crippen molar-refractivity contribution in [3.05, 3.63) is 0 Å². The molecule has 1 saturated heterocycles. The first-order chi connectivity index (χ1) is 9.96. The number of hydrazine groups is 1. The van der Waals surface area contributed by atoms with Crippen LogP contribution < -0.4 is 5.84 Å². The maximum Gasteiger partial charge on any atom is 0.240 e. The fraction of sp³-hybridized carbons (Fsp3) is 0.786. The van der Waals surface area contributed by atoms with Crippen LogP contribution in [0.25, 0.3) is 0 Å². The first-order valence-electron chi connectivity index (χ1n) is 7.29. The zero-order chi connectivity index (χ0) is 15.2. The third kappa shape index (κ3) is 2.35. The number of Topliss-reactive ketones (excluding diaryl/α,β-unsaturated/α-hetero) is 1. The van der Waals surface area contributed by atoms with E-state index in [0.29, 0.717) is 11.6 Å². The molecule has 2 aliphatic carbocycles. The Labute approximate surface area is 128 Å². The number of nitrogens with zero attached hydrogens (tertiary/aromatic N) is 3. The lowest BCUT2D eigenvalue weighted by Gasteiger charge is -2.32. The molecule has 0 aromatic rings. The minimum atomic E-state index is -0.371. The molecule has 4 unspecified atom stereocenters. The number of hydrogen-bond acceptors (Lipinski definition) is 6. The lowest BCUT2D eigenvalue weighted by atomic mass is 9.83. The largest absolute Gasteiger partial charge is 0.315 e. The highest BCUT2D eigenvalue weighted by Gasteiger charge is 2.56. The Kier molecular flexibility index (Phi) is 3.72. The monoisotopic (exact) mass is 308 g/mol. The normalized spacial score (nSPS) is 38.3. The Bertz CT molecular complexity index is 520. The highest BCUT2D eigenvalue weighted by Crippen LogP contribution is 2.52. The fourth-order valence-electron chi connectivity index (χ4n) is 3.91. The molecule has 0 radical (unpaired) electrons. The molecule has 4 atom stereocenters. The highest BCUT2D eigenvalue weighted by atomic mass is 32.2. The van der Waals surface area contributed by atoms with Crippen LogP contribution in [0.3, 0.4) is 0 Å². The van der Waals surface area contributed by atoms with E-state index in [1.807, 2.05) is 6.92 Å². The summed E-state index contributed by atoms with van der Waals surface area (Å²) in [5, 5.41) is 10.5. The van der Waals surface area contributed by atoms with Crippen LogP contribution in [0.5, 0.6) is 0 Å². The Morgan fingerprint density at radius 1 is 1.67 bits per heavy atom. The summed E-state index contributed by atoms with van der Waals surface area (Å²) in [6.45, 7) is 2.02. The summed E-state index contributed by atoms with van der Waals surface area (Å²) in [5.74, 6) is 7.53. The van der Waals surface area contributed by atoms with Gasteiger partial charge in [0.1, 0.15) is 6.04 Å². The number of amides is 1. The summed E-state index contributed by atoms with van der Waals surface area (Å²) in [5.41, 5.74) is -0.241. The number of fused-ring (bicyclic) bond motifs is 2. The molecule has 21 heavy (non-hydrogen) atoms. The van der Waals surface area contributed by atoms with Crippen molar-refractivity contribution in [1.29, 1.82) is 5.26 Å². The molecule has 2 N–H and O–H groups in total. The van der Waals surface area contributed by atoms with Crippen molar-refractivity contribution in [1.82, 2.24) is 9.91 Å². The second-order valence-electron chi connectivity index (χ2n) is 6.55. The summed E-state index contributed by atoms with van der Waals surface area (Å²) in [6.07, 6.45) is 2.84. The Hall–Kier alpha value is -1.10. The molecule has 2 bridgehead atoms. The van der Waals surface area contributed by atoms with E-state index in [1.54, 1.807) is 16.7 Å². The highest BCUT2D eigenvalue weighted by molar-refractivity contribution is 7.99. The Morgan fingerprint density at radius 2 is 2.43 bits per heavy atom. The SMILES string of the molecule is CC12CCC(C1)C(N(N)CC(=O)N1CSCC1C#N)C2=O. The molecule has 6 nitrogen and oxygen atoms in total. The Balaban J connectivity index is 1.65. The van der Waals surface area contributed by atoms with Gasteiger partial charge in [-0.3, -0.25) is 15.4 Å². The van der Waals surface area contributed by atoms with E-state index < -0.39 is 0 Å². The van der Waals surface area contributed by atoms with Crippen LogP contribution in [0.4, 0.5) is 0 Å². The van der Waals surface area contributed by atoms with E-state index in [1.165, 1.54) is 5.01 Å². The molecule has 1 amide bonds. The third-order valence-electron chi connectivity index (χ3n) is 5.12. The first kappa shape index (κ1) is 14.8. The van der Waals surface area contributed by atoms with Crippen molar-refractivity contribution in [2.75, 3.05) is 18.2 Å². The van der Waals surface area contributed by atoms with Crippen LogP contribution in [0, 0.1) is 22.7 Å². The topological polar surface area (TPSA) is 90.4 Å². The standard InChI is InChI=1S/C14H20N4O2S/c1-14-3-2-9(4-14)12(13(14)20)18(16)6-11(19)17-8-21-7-10(17)5-15/h9-10,12H,2-4,6-8,16H2,1H3. The summed E-state index contributed by atoms with van der Waals surface area (Å²) >= 11 is 1.57. The van der Waals surface area contributed by atoms with Gasteiger partial charge in [0.25, 0.3) is 0 Å². The van der Waals surface area contributed by atoms with Gasteiger partial charge in [-0.1, -0.05) is 6.92 Å². The number of rotatable bonds is 3. The van der Waals surface area contributed by atoms with Crippen molar-refractivity contribution in [2.45, 2.75) is 38.3 Å². The van der Waals surface area contributed by atoms with Crippen LogP contribution in [-0.2, 0) is 9.59 Å². The van der Waals surface area contributed by atoms with Gasteiger partial charge < -0.3 is 4.90 Å². The molecule has 3 fully saturated rings. The van der Waals surface area contributed by atoms with E-state index in [4.69, 9.17) is 11.1 Å². The van der Waals surface area contributed by atoms with Gasteiger partial charge in [-0.05, 0) is 25.2 Å². The van der Waals surface area contributed by atoms with Gasteiger partial charge in [-0.25, -0.2) is 5.01 Å². The molecule has 3 aliphatic rings.